The van der Waals surface area contributed by atoms with E-state index in [0.717, 1.165) is 12.0 Å². The molecule has 1 amide bonds. The van der Waals surface area contributed by atoms with Gasteiger partial charge in [0.05, 0.1) is 18.7 Å². The highest BCUT2D eigenvalue weighted by molar-refractivity contribution is 5.81. The molecule has 0 saturated carbocycles. The lowest BCUT2D eigenvalue weighted by atomic mass is 10.0. The second kappa shape index (κ2) is 8.87. The van der Waals surface area contributed by atoms with Crippen LogP contribution in [0.1, 0.15) is 40.9 Å². The minimum Gasteiger partial charge on any atom is -0.497 e. The van der Waals surface area contributed by atoms with E-state index in [1.807, 2.05) is 38.1 Å². The number of methoxy groups -OCH3 is 1. The van der Waals surface area contributed by atoms with Crippen molar-refractivity contribution >= 4 is 12.2 Å². The van der Waals surface area contributed by atoms with Gasteiger partial charge in [0.15, 0.2) is 12.9 Å². The fraction of sp³-hybridized carbons (Fsp3) is 0.300. The lowest BCUT2D eigenvalue weighted by Crippen LogP contribution is -2.32. The Morgan fingerprint density at radius 2 is 1.92 bits per heavy atom. The fourth-order valence-corrected chi connectivity index (χ4v) is 2.48. The van der Waals surface area contributed by atoms with Gasteiger partial charge in [-0.3, -0.25) is 9.59 Å². The molecule has 0 saturated heterocycles. The van der Waals surface area contributed by atoms with Gasteiger partial charge in [0.25, 0.3) is 5.91 Å². The predicted octanol–water partition coefficient (Wildman–Crippen LogP) is 3.46. The number of hydrogen-bond donors (Lipinski definition) is 1. The van der Waals surface area contributed by atoms with Crippen molar-refractivity contribution in [2.45, 2.75) is 26.3 Å². The van der Waals surface area contributed by atoms with Gasteiger partial charge in [-0.25, -0.2) is 0 Å². The van der Waals surface area contributed by atoms with Crippen LogP contribution in [0.15, 0.2) is 42.5 Å². The van der Waals surface area contributed by atoms with Gasteiger partial charge in [-0.05, 0) is 37.1 Å². The summed E-state index contributed by atoms with van der Waals surface area (Å²) in [6.45, 7) is 3.88. The molecule has 0 bridgehead atoms. The molecule has 0 aliphatic rings. The number of amides is 1. The van der Waals surface area contributed by atoms with Crippen LogP contribution in [-0.2, 0) is 4.79 Å². The van der Waals surface area contributed by atoms with Crippen LogP contribution < -0.4 is 14.8 Å². The van der Waals surface area contributed by atoms with Gasteiger partial charge in [-0.2, -0.15) is 0 Å². The number of rotatable bonds is 8. The Morgan fingerprint density at radius 1 is 1.20 bits per heavy atom. The van der Waals surface area contributed by atoms with Crippen LogP contribution in [0.2, 0.25) is 0 Å². The Balaban J connectivity index is 1.97. The zero-order chi connectivity index (χ0) is 18.2. The summed E-state index contributed by atoms with van der Waals surface area (Å²) in [6, 6.07) is 12.9. The van der Waals surface area contributed by atoms with Gasteiger partial charge in [0, 0.05) is 0 Å². The molecule has 0 fully saturated rings. The van der Waals surface area contributed by atoms with Gasteiger partial charge >= 0.3 is 0 Å². The first-order valence-electron chi connectivity index (χ1n) is 8.19. The number of hydrogen-bond acceptors (Lipinski definition) is 4. The summed E-state index contributed by atoms with van der Waals surface area (Å²) in [7, 11) is 1.52. The third-order valence-corrected chi connectivity index (χ3v) is 3.93. The van der Waals surface area contributed by atoms with Crippen molar-refractivity contribution in [3.05, 3.63) is 59.2 Å². The van der Waals surface area contributed by atoms with E-state index >= 15 is 0 Å². The molecular weight excluding hydrogens is 318 g/mol. The molecule has 0 aliphatic carbocycles. The molecule has 5 heteroatoms. The molecule has 132 valence electrons. The second-order valence-corrected chi connectivity index (χ2v) is 5.75. The van der Waals surface area contributed by atoms with Crippen molar-refractivity contribution in [3.63, 3.8) is 0 Å². The summed E-state index contributed by atoms with van der Waals surface area (Å²) in [5.41, 5.74) is 2.58. The van der Waals surface area contributed by atoms with E-state index in [-0.39, 0.29) is 18.6 Å². The van der Waals surface area contributed by atoms with Gasteiger partial charge in [0.1, 0.15) is 11.5 Å². The Morgan fingerprint density at radius 3 is 2.52 bits per heavy atom. The first-order valence-corrected chi connectivity index (χ1v) is 8.19. The van der Waals surface area contributed by atoms with E-state index in [9.17, 15) is 9.59 Å². The van der Waals surface area contributed by atoms with Crippen LogP contribution in [0.5, 0.6) is 11.5 Å². The normalized spacial score (nSPS) is 11.5. The van der Waals surface area contributed by atoms with E-state index in [1.54, 1.807) is 18.2 Å². The first-order chi connectivity index (χ1) is 12.1. The molecule has 1 N–H and O–H groups in total. The Kier molecular flexibility index (Phi) is 6.57. The Labute approximate surface area is 148 Å². The molecule has 0 unspecified atom stereocenters. The molecule has 2 aromatic rings. The summed E-state index contributed by atoms with van der Waals surface area (Å²) >= 11 is 0. The molecule has 0 aromatic heterocycles. The molecule has 25 heavy (non-hydrogen) atoms. The summed E-state index contributed by atoms with van der Waals surface area (Å²) in [6.07, 6.45) is 1.45. The lowest BCUT2D eigenvalue weighted by Gasteiger charge is -2.18. The molecule has 2 aromatic carbocycles. The highest BCUT2D eigenvalue weighted by atomic mass is 16.5. The number of carbonyl (C=O) groups excluding carboxylic acids is 2. The van der Waals surface area contributed by atoms with Gasteiger partial charge in [-0.15, -0.1) is 0 Å². The topological polar surface area (TPSA) is 64.6 Å². The largest absolute Gasteiger partial charge is 0.497 e. The van der Waals surface area contributed by atoms with Crippen molar-refractivity contribution in [2.75, 3.05) is 13.7 Å². The molecule has 5 nitrogen and oxygen atoms in total. The van der Waals surface area contributed by atoms with Gasteiger partial charge in [0.2, 0.25) is 0 Å². The number of aryl methyl sites for hydroxylation is 1. The second-order valence-electron chi connectivity index (χ2n) is 5.75. The van der Waals surface area contributed by atoms with Crippen LogP contribution in [0, 0.1) is 6.92 Å². The highest BCUT2D eigenvalue weighted by Crippen LogP contribution is 2.23. The number of ether oxygens (including phenoxy) is 2. The van der Waals surface area contributed by atoms with E-state index in [4.69, 9.17) is 9.47 Å². The van der Waals surface area contributed by atoms with E-state index < -0.39 is 0 Å². The summed E-state index contributed by atoms with van der Waals surface area (Å²) < 4.78 is 10.6. The standard InChI is InChI=1S/C20H23NO4/c1-4-18(15-7-5-14(2)6-8-15)21-20(23)13-25-19-10-9-17(24-3)11-16(19)12-22/h5-12,18H,4,13H2,1-3H3,(H,21,23)/t18-/m1/s1. The van der Waals surface area contributed by atoms with E-state index in [2.05, 4.69) is 5.32 Å². The quantitative estimate of drug-likeness (QED) is 0.747. The molecule has 1 atom stereocenters. The SMILES string of the molecule is CC[C@@H](NC(=O)COc1ccc(OC)cc1C=O)c1ccc(C)cc1. The third-order valence-electron chi connectivity index (χ3n) is 3.93. The molecule has 0 radical (unpaired) electrons. The number of aldehydes is 1. The number of benzene rings is 2. The van der Waals surface area contributed by atoms with E-state index in [0.29, 0.717) is 23.3 Å². The van der Waals surface area contributed by atoms with Crippen LogP contribution in [0.25, 0.3) is 0 Å². The molecule has 2 rings (SSSR count). The van der Waals surface area contributed by atoms with Gasteiger partial charge < -0.3 is 14.8 Å². The lowest BCUT2D eigenvalue weighted by molar-refractivity contribution is -0.123. The minimum atomic E-state index is -0.236. The molecular formula is C20H23NO4. The summed E-state index contributed by atoms with van der Waals surface area (Å²) in [4.78, 5) is 23.3. The van der Waals surface area contributed by atoms with Crippen molar-refractivity contribution in [1.29, 1.82) is 0 Å². The van der Waals surface area contributed by atoms with Crippen LogP contribution in [-0.4, -0.2) is 25.9 Å². The number of carbonyl (C=O) groups is 2. The minimum absolute atomic E-state index is 0.0712. The number of nitrogens with one attached hydrogen (secondary N) is 1. The molecule has 0 heterocycles. The van der Waals surface area contributed by atoms with Crippen molar-refractivity contribution < 1.29 is 19.1 Å². The third kappa shape index (κ3) is 5.08. The maximum Gasteiger partial charge on any atom is 0.258 e. The van der Waals surface area contributed by atoms with Crippen molar-refractivity contribution in [1.82, 2.24) is 5.32 Å². The highest BCUT2D eigenvalue weighted by Gasteiger charge is 2.14. The van der Waals surface area contributed by atoms with Gasteiger partial charge in [-0.1, -0.05) is 36.8 Å². The smallest absolute Gasteiger partial charge is 0.258 e. The fourth-order valence-electron chi connectivity index (χ4n) is 2.48. The average Bonchev–Trinajstić information content (AvgIpc) is 2.65. The maximum atomic E-state index is 12.2. The molecule has 0 aliphatic heterocycles. The zero-order valence-corrected chi connectivity index (χ0v) is 14.7. The van der Waals surface area contributed by atoms with Crippen molar-refractivity contribution in [3.8, 4) is 11.5 Å². The predicted molar refractivity (Wildman–Crippen MR) is 96.2 cm³/mol. The summed E-state index contributed by atoms with van der Waals surface area (Å²) in [5.74, 6) is 0.679. The van der Waals surface area contributed by atoms with Crippen LogP contribution in [0.4, 0.5) is 0 Å². The monoisotopic (exact) mass is 341 g/mol. The Hall–Kier alpha value is -2.82. The first kappa shape index (κ1) is 18.5. The van der Waals surface area contributed by atoms with Crippen LogP contribution >= 0.6 is 0 Å². The van der Waals surface area contributed by atoms with Crippen LogP contribution in [0.3, 0.4) is 0 Å². The van der Waals surface area contributed by atoms with Crippen molar-refractivity contribution in [2.24, 2.45) is 0 Å². The maximum absolute atomic E-state index is 12.2. The molecule has 0 spiro atoms. The zero-order valence-electron chi connectivity index (χ0n) is 14.7. The van der Waals surface area contributed by atoms with E-state index in [1.165, 1.54) is 12.7 Å². The Bertz CT molecular complexity index is 725. The summed E-state index contributed by atoms with van der Waals surface area (Å²) in [5, 5.41) is 2.96. The average molecular weight is 341 g/mol.